The second-order valence-corrected chi connectivity index (χ2v) is 7.61. The molecule has 1 aromatic heterocycles. The van der Waals surface area contributed by atoms with Gasteiger partial charge in [-0.1, -0.05) is 36.4 Å². The lowest BCUT2D eigenvalue weighted by molar-refractivity contribution is -0.138. The minimum atomic E-state index is -0.484. The number of rotatable bonds is 6. The first-order chi connectivity index (χ1) is 14.6. The molecule has 0 aliphatic carbocycles. The van der Waals surface area contributed by atoms with Gasteiger partial charge in [-0.2, -0.15) is 0 Å². The number of carbonyl (C=O) groups is 2. The normalized spacial score (nSPS) is 17.0. The summed E-state index contributed by atoms with van der Waals surface area (Å²) in [5.41, 5.74) is 1.85. The van der Waals surface area contributed by atoms with Crippen molar-refractivity contribution < 1.29 is 9.59 Å². The Balaban J connectivity index is 1.45. The van der Waals surface area contributed by atoms with E-state index in [4.69, 9.17) is 0 Å². The van der Waals surface area contributed by atoms with Crippen molar-refractivity contribution in [1.29, 1.82) is 0 Å². The minimum Gasteiger partial charge on any atom is -0.353 e. The topological polar surface area (TPSA) is 78.4 Å². The standard InChI is InChI=1S/C23H25N5O2/c1-27(16-20-14-24-8-9-25-20)22(29)13-21-23(30)26-10-11-28(21)15-17-6-7-18-4-2-3-5-19(18)12-17/h2-9,12,14,21H,10-11,13,15-16H2,1H3,(H,26,30). The van der Waals surface area contributed by atoms with Crippen molar-refractivity contribution in [3.63, 3.8) is 0 Å². The monoisotopic (exact) mass is 403 g/mol. The molecule has 4 rings (SSSR count). The van der Waals surface area contributed by atoms with E-state index < -0.39 is 6.04 Å². The molecule has 2 heterocycles. The van der Waals surface area contributed by atoms with Gasteiger partial charge in [0.2, 0.25) is 11.8 Å². The maximum Gasteiger partial charge on any atom is 0.237 e. The Hall–Kier alpha value is -3.32. The first-order valence-electron chi connectivity index (χ1n) is 10.1. The van der Waals surface area contributed by atoms with Gasteiger partial charge in [0.1, 0.15) is 0 Å². The summed E-state index contributed by atoms with van der Waals surface area (Å²) in [5, 5.41) is 5.26. The van der Waals surface area contributed by atoms with E-state index in [9.17, 15) is 9.59 Å². The molecular weight excluding hydrogens is 378 g/mol. The molecule has 30 heavy (non-hydrogen) atoms. The lowest BCUT2D eigenvalue weighted by Gasteiger charge is -2.35. The van der Waals surface area contributed by atoms with E-state index in [1.807, 2.05) is 12.1 Å². The van der Waals surface area contributed by atoms with Crippen molar-refractivity contribution in [2.45, 2.75) is 25.6 Å². The molecule has 2 amide bonds. The molecule has 1 aliphatic heterocycles. The predicted octanol–water partition coefficient (Wildman–Crippen LogP) is 1.98. The van der Waals surface area contributed by atoms with Crippen LogP contribution in [0.2, 0.25) is 0 Å². The average molecular weight is 403 g/mol. The molecule has 154 valence electrons. The predicted molar refractivity (Wildman–Crippen MR) is 114 cm³/mol. The molecule has 1 unspecified atom stereocenters. The fourth-order valence-electron chi connectivity index (χ4n) is 3.81. The van der Waals surface area contributed by atoms with E-state index in [0.717, 1.165) is 11.3 Å². The zero-order chi connectivity index (χ0) is 20.9. The fraction of sp³-hybridized carbons (Fsp3) is 0.304. The van der Waals surface area contributed by atoms with Crippen LogP contribution in [0.15, 0.2) is 61.1 Å². The highest BCUT2D eigenvalue weighted by atomic mass is 16.2. The minimum absolute atomic E-state index is 0.0915. The summed E-state index contributed by atoms with van der Waals surface area (Å²) in [5.74, 6) is -0.186. The van der Waals surface area contributed by atoms with Gasteiger partial charge in [0, 0.05) is 39.1 Å². The number of fused-ring (bicyclic) bond motifs is 1. The van der Waals surface area contributed by atoms with Crippen molar-refractivity contribution in [1.82, 2.24) is 25.1 Å². The molecule has 2 aromatic carbocycles. The van der Waals surface area contributed by atoms with E-state index in [-0.39, 0.29) is 18.2 Å². The van der Waals surface area contributed by atoms with Gasteiger partial charge in [-0.15, -0.1) is 0 Å². The van der Waals surface area contributed by atoms with Crippen LogP contribution < -0.4 is 5.32 Å². The molecule has 1 aliphatic rings. The van der Waals surface area contributed by atoms with Crippen LogP contribution >= 0.6 is 0 Å². The van der Waals surface area contributed by atoms with Crippen LogP contribution in [-0.2, 0) is 22.7 Å². The highest BCUT2D eigenvalue weighted by molar-refractivity contribution is 5.89. The molecule has 1 N–H and O–H groups in total. The van der Waals surface area contributed by atoms with Crippen molar-refractivity contribution in [2.75, 3.05) is 20.1 Å². The van der Waals surface area contributed by atoms with Gasteiger partial charge in [0.15, 0.2) is 0 Å². The van der Waals surface area contributed by atoms with Crippen LogP contribution in [0.1, 0.15) is 17.7 Å². The molecule has 0 radical (unpaired) electrons. The number of nitrogens with one attached hydrogen (secondary N) is 1. The first kappa shape index (κ1) is 20.0. The summed E-state index contributed by atoms with van der Waals surface area (Å²) in [6.45, 7) is 2.30. The smallest absolute Gasteiger partial charge is 0.237 e. The van der Waals surface area contributed by atoms with E-state index in [2.05, 4.69) is 50.5 Å². The summed E-state index contributed by atoms with van der Waals surface area (Å²) in [6, 6.07) is 14.1. The zero-order valence-electron chi connectivity index (χ0n) is 17.0. The molecule has 3 aromatic rings. The van der Waals surface area contributed by atoms with Crippen LogP contribution in [0.5, 0.6) is 0 Å². The summed E-state index contributed by atoms with van der Waals surface area (Å²) >= 11 is 0. The van der Waals surface area contributed by atoms with Gasteiger partial charge in [-0.05, 0) is 22.4 Å². The molecule has 1 fully saturated rings. The average Bonchev–Trinajstić information content (AvgIpc) is 2.76. The van der Waals surface area contributed by atoms with Crippen LogP contribution in [0, 0.1) is 0 Å². The summed E-state index contributed by atoms with van der Waals surface area (Å²) in [6.07, 6.45) is 4.98. The van der Waals surface area contributed by atoms with Crippen LogP contribution in [0.3, 0.4) is 0 Å². The lowest BCUT2D eigenvalue weighted by Crippen LogP contribution is -2.56. The second kappa shape index (κ2) is 9.00. The van der Waals surface area contributed by atoms with Crippen molar-refractivity contribution in [2.24, 2.45) is 0 Å². The van der Waals surface area contributed by atoms with Gasteiger partial charge in [-0.25, -0.2) is 0 Å². The number of hydrogen-bond donors (Lipinski definition) is 1. The van der Waals surface area contributed by atoms with E-state index >= 15 is 0 Å². The Morgan fingerprint density at radius 3 is 2.83 bits per heavy atom. The number of nitrogens with zero attached hydrogens (tertiary/aromatic N) is 4. The fourth-order valence-corrected chi connectivity index (χ4v) is 3.81. The third kappa shape index (κ3) is 4.63. The van der Waals surface area contributed by atoms with Crippen LogP contribution in [0.25, 0.3) is 10.8 Å². The lowest BCUT2D eigenvalue weighted by atomic mass is 10.0. The summed E-state index contributed by atoms with van der Waals surface area (Å²) < 4.78 is 0. The van der Waals surface area contributed by atoms with Gasteiger partial charge < -0.3 is 10.2 Å². The number of amides is 2. The maximum atomic E-state index is 12.8. The third-order valence-electron chi connectivity index (χ3n) is 5.45. The number of benzene rings is 2. The van der Waals surface area contributed by atoms with Crippen molar-refractivity contribution in [3.8, 4) is 0 Å². The molecule has 0 bridgehead atoms. The van der Waals surface area contributed by atoms with Crippen molar-refractivity contribution >= 4 is 22.6 Å². The number of hydrogen-bond acceptors (Lipinski definition) is 5. The molecule has 1 atom stereocenters. The highest BCUT2D eigenvalue weighted by Gasteiger charge is 2.32. The van der Waals surface area contributed by atoms with Crippen LogP contribution in [-0.4, -0.2) is 57.8 Å². The molecule has 7 nitrogen and oxygen atoms in total. The van der Waals surface area contributed by atoms with Gasteiger partial charge in [0.05, 0.1) is 30.9 Å². The first-order valence-corrected chi connectivity index (χ1v) is 10.1. The Morgan fingerprint density at radius 1 is 1.20 bits per heavy atom. The molecule has 0 saturated carbocycles. The van der Waals surface area contributed by atoms with Crippen LogP contribution in [0.4, 0.5) is 0 Å². The maximum absolute atomic E-state index is 12.8. The molecule has 0 spiro atoms. The van der Waals surface area contributed by atoms with Gasteiger partial charge in [0.25, 0.3) is 0 Å². The quantitative estimate of drug-likeness (QED) is 0.681. The Bertz CT molecular complexity index is 1040. The Kier molecular flexibility index (Phi) is 5.99. The largest absolute Gasteiger partial charge is 0.353 e. The highest BCUT2D eigenvalue weighted by Crippen LogP contribution is 2.20. The number of carbonyl (C=O) groups excluding carboxylic acids is 2. The van der Waals surface area contributed by atoms with E-state index in [0.29, 0.717) is 26.2 Å². The second-order valence-electron chi connectivity index (χ2n) is 7.61. The molecular formula is C23H25N5O2. The SMILES string of the molecule is CN(Cc1cnccn1)C(=O)CC1C(=O)NCCN1Cc1ccc2ccccc2c1. The Morgan fingerprint density at radius 2 is 2.03 bits per heavy atom. The molecule has 7 heteroatoms. The third-order valence-corrected chi connectivity index (χ3v) is 5.45. The zero-order valence-corrected chi connectivity index (χ0v) is 17.0. The number of aromatic nitrogens is 2. The summed E-state index contributed by atoms with van der Waals surface area (Å²) in [7, 11) is 1.73. The van der Waals surface area contributed by atoms with Gasteiger partial charge in [-0.3, -0.25) is 24.5 Å². The van der Waals surface area contributed by atoms with E-state index in [1.54, 1.807) is 30.5 Å². The van der Waals surface area contributed by atoms with Crippen molar-refractivity contribution in [3.05, 3.63) is 72.3 Å². The number of piperazine rings is 1. The van der Waals surface area contributed by atoms with E-state index in [1.165, 1.54) is 10.8 Å². The molecule has 1 saturated heterocycles. The van der Waals surface area contributed by atoms with Gasteiger partial charge >= 0.3 is 0 Å². The Labute approximate surface area is 175 Å². The summed E-state index contributed by atoms with van der Waals surface area (Å²) in [4.78, 5) is 37.3.